The summed E-state index contributed by atoms with van der Waals surface area (Å²) in [5, 5.41) is 14.2. The third-order valence-corrected chi connectivity index (χ3v) is 2.47. The molecule has 3 amide bonds. The second-order valence-corrected chi connectivity index (χ2v) is 4.07. The van der Waals surface area contributed by atoms with Crippen molar-refractivity contribution in [1.29, 1.82) is 0 Å². The van der Waals surface area contributed by atoms with Gasteiger partial charge in [0.05, 0.1) is 18.8 Å². The molecule has 3 N–H and O–H groups in total. The lowest BCUT2D eigenvalue weighted by molar-refractivity contribution is -0.124. The fourth-order valence-electron chi connectivity index (χ4n) is 1.36. The van der Waals surface area contributed by atoms with Gasteiger partial charge in [0, 0.05) is 20.2 Å². The van der Waals surface area contributed by atoms with Gasteiger partial charge >= 0.3 is 6.03 Å². The zero-order valence-corrected chi connectivity index (χ0v) is 11.4. The summed E-state index contributed by atoms with van der Waals surface area (Å²) >= 11 is 0. The minimum atomic E-state index is -0.667. The van der Waals surface area contributed by atoms with Gasteiger partial charge in [-0.2, -0.15) is 0 Å². The van der Waals surface area contributed by atoms with Gasteiger partial charge in [0.25, 0.3) is 0 Å². The smallest absolute Gasteiger partial charge is 0.321 e. The molecule has 0 aromatic rings. The van der Waals surface area contributed by atoms with Gasteiger partial charge < -0.3 is 15.2 Å². The number of aliphatic hydroxyl groups excluding tert-OH is 1. The van der Waals surface area contributed by atoms with E-state index in [0.717, 1.165) is 0 Å². The standard InChI is InChI=1S/C11H23N3O4/c1-5-12-11(17)13-10(16)8(2)14(3)6-9(15)7-18-4/h8-9,15H,5-7H2,1-4H3,(H2,12,13,16,17). The fraction of sp³-hybridized carbons (Fsp3) is 0.818. The molecule has 18 heavy (non-hydrogen) atoms. The van der Waals surface area contributed by atoms with Gasteiger partial charge in [-0.25, -0.2) is 4.79 Å². The number of hydrogen-bond acceptors (Lipinski definition) is 5. The van der Waals surface area contributed by atoms with Gasteiger partial charge in [0.1, 0.15) is 0 Å². The third-order valence-electron chi connectivity index (χ3n) is 2.47. The number of rotatable bonds is 7. The number of amides is 3. The van der Waals surface area contributed by atoms with Crippen molar-refractivity contribution in [1.82, 2.24) is 15.5 Å². The summed E-state index contributed by atoms with van der Waals surface area (Å²) in [5.74, 6) is -0.409. The first kappa shape index (κ1) is 16.8. The van der Waals surface area contributed by atoms with Crippen LogP contribution in [0.5, 0.6) is 0 Å². The summed E-state index contributed by atoms with van der Waals surface area (Å²) in [6.45, 7) is 4.37. The average Bonchev–Trinajstić information content (AvgIpc) is 2.28. The molecular formula is C11H23N3O4. The van der Waals surface area contributed by atoms with E-state index < -0.39 is 24.1 Å². The van der Waals surface area contributed by atoms with Gasteiger partial charge in [-0.3, -0.25) is 15.0 Å². The lowest BCUT2D eigenvalue weighted by Gasteiger charge is -2.25. The van der Waals surface area contributed by atoms with Crippen LogP contribution in [-0.2, 0) is 9.53 Å². The zero-order valence-electron chi connectivity index (χ0n) is 11.4. The number of nitrogens with one attached hydrogen (secondary N) is 2. The average molecular weight is 261 g/mol. The van der Waals surface area contributed by atoms with Gasteiger partial charge in [-0.15, -0.1) is 0 Å². The highest BCUT2D eigenvalue weighted by Gasteiger charge is 2.21. The molecule has 7 nitrogen and oxygen atoms in total. The second kappa shape index (κ2) is 8.84. The SMILES string of the molecule is CCNC(=O)NC(=O)C(C)N(C)CC(O)COC. The number of likely N-dealkylation sites (N-methyl/N-ethyl adjacent to an activating group) is 1. The number of carbonyl (C=O) groups excluding carboxylic acids is 2. The Morgan fingerprint density at radius 3 is 2.56 bits per heavy atom. The lowest BCUT2D eigenvalue weighted by atomic mass is 10.2. The molecule has 0 fully saturated rings. The van der Waals surface area contributed by atoms with Gasteiger partial charge in [-0.1, -0.05) is 0 Å². The Hall–Kier alpha value is -1.18. The van der Waals surface area contributed by atoms with E-state index in [2.05, 4.69) is 10.6 Å². The van der Waals surface area contributed by atoms with Gasteiger partial charge in [-0.05, 0) is 20.9 Å². The van der Waals surface area contributed by atoms with E-state index in [0.29, 0.717) is 6.54 Å². The van der Waals surface area contributed by atoms with Crippen molar-refractivity contribution in [2.75, 3.05) is 33.9 Å². The number of ether oxygens (including phenoxy) is 1. The number of hydrogen-bond donors (Lipinski definition) is 3. The maximum atomic E-state index is 11.7. The molecule has 0 aliphatic rings. The monoisotopic (exact) mass is 261 g/mol. The van der Waals surface area contributed by atoms with Crippen molar-refractivity contribution in [3.63, 3.8) is 0 Å². The first-order chi connectivity index (χ1) is 8.42. The summed E-state index contributed by atoms with van der Waals surface area (Å²) < 4.78 is 4.80. The lowest BCUT2D eigenvalue weighted by Crippen LogP contribution is -2.50. The Morgan fingerprint density at radius 2 is 2.06 bits per heavy atom. The van der Waals surface area contributed by atoms with Crippen LogP contribution in [0.15, 0.2) is 0 Å². The first-order valence-corrected chi connectivity index (χ1v) is 5.88. The highest BCUT2D eigenvalue weighted by Crippen LogP contribution is 1.98. The Bertz CT molecular complexity index is 273. The minimum absolute atomic E-state index is 0.203. The summed E-state index contributed by atoms with van der Waals surface area (Å²) in [7, 11) is 3.19. The molecule has 0 saturated carbocycles. The van der Waals surface area contributed by atoms with E-state index in [1.54, 1.807) is 25.8 Å². The topological polar surface area (TPSA) is 90.9 Å². The third kappa shape index (κ3) is 6.53. The molecule has 0 spiro atoms. The normalized spacial score (nSPS) is 14.1. The maximum absolute atomic E-state index is 11.7. The number of urea groups is 1. The minimum Gasteiger partial charge on any atom is -0.389 e. The molecule has 2 unspecified atom stereocenters. The van der Waals surface area contributed by atoms with Crippen LogP contribution in [0.25, 0.3) is 0 Å². The van der Waals surface area contributed by atoms with E-state index in [4.69, 9.17) is 4.74 Å². The molecular weight excluding hydrogens is 238 g/mol. The van der Waals surface area contributed by atoms with Gasteiger partial charge in [0.2, 0.25) is 5.91 Å². The van der Waals surface area contributed by atoms with Crippen LogP contribution < -0.4 is 10.6 Å². The molecule has 0 aliphatic heterocycles. The van der Waals surface area contributed by atoms with Crippen LogP contribution in [0, 0.1) is 0 Å². The predicted molar refractivity (Wildman–Crippen MR) is 67.2 cm³/mol. The summed E-state index contributed by atoms with van der Waals surface area (Å²) in [5.41, 5.74) is 0. The number of imide groups is 1. The van der Waals surface area contributed by atoms with Crippen molar-refractivity contribution in [2.24, 2.45) is 0 Å². The zero-order chi connectivity index (χ0) is 14.1. The summed E-state index contributed by atoms with van der Waals surface area (Å²) in [4.78, 5) is 24.5. The quantitative estimate of drug-likeness (QED) is 0.556. The number of nitrogens with zero attached hydrogens (tertiary/aromatic N) is 1. The molecule has 0 aliphatic carbocycles. The van der Waals surface area contributed by atoms with Crippen LogP contribution >= 0.6 is 0 Å². The molecule has 0 heterocycles. The Labute approximate surface area is 107 Å². The second-order valence-electron chi connectivity index (χ2n) is 4.07. The van der Waals surface area contributed by atoms with E-state index in [-0.39, 0.29) is 13.2 Å². The van der Waals surface area contributed by atoms with E-state index in [1.165, 1.54) is 7.11 Å². The first-order valence-electron chi connectivity index (χ1n) is 5.88. The number of aliphatic hydroxyl groups is 1. The van der Waals surface area contributed by atoms with E-state index >= 15 is 0 Å². The molecule has 0 aromatic heterocycles. The molecule has 7 heteroatoms. The highest BCUT2D eigenvalue weighted by atomic mass is 16.5. The van der Waals surface area contributed by atoms with Crippen LogP contribution in [0.1, 0.15) is 13.8 Å². The van der Waals surface area contributed by atoms with Crippen LogP contribution in [0.3, 0.4) is 0 Å². The molecule has 0 aromatic carbocycles. The largest absolute Gasteiger partial charge is 0.389 e. The molecule has 0 radical (unpaired) electrons. The van der Waals surface area contributed by atoms with E-state index in [1.807, 2.05) is 0 Å². The Morgan fingerprint density at radius 1 is 1.44 bits per heavy atom. The van der Waals surface area contributed by atoms with Crippen LogP contribution in [0.4, 0.5) is 4.79 Å². The molecule has 106 valence electrons. The predicted octanol–water partition coefficient (Wildman–Crippen LogP) is -0.840. The maximum Gasteiger partial charge on any atom is 0.321 e. The molecule has 0 bridgehead atoms. The number of carbonyl (C=O) groups is 2. The molecule has 2 atom stereocenters. The van der Waals surface area contributed by atoms with Gasteiger partial charge in [0.15, 0.2) is 0 Å². The molecule has 0 rings (SSSR count). The van der Waals surface area contributed by atoms with Crippen molar-refractivity contribution < 1.29 is 19.4 Å². The fourth-order valence-corrected chi connectivity index (χ4v) is 1.36. The summed E-state index contributed by atoms with van der Waals surface area (Å²) in [6, 6.07) is -1.03. The molecule has 0 saturated heterocycles. The Kier molecular flexibility index (Phi) is 8.27. The van der Waals surface area contributed by atoms with Crippen molar-refractivity contribution in [2.45, 2.75) is 26.0 Å². The van der Waals surface area contributed by atoms with Crippen LogP contribution in [-0.4, -0.2) is 67.9 Å². The van der Waals surface area contributed by atoms with Crippen molar-refractivity contribution in [3.8, 4) is 0 Å². The van der Waals surface area contributed by atoms with Crippen molar-refractivity contribution in [3.05, 3.63) is 0 Å². The van der Waals surface area contributed by atoms with Crippen molar-refractivity contribution >= 4 is 11.9 Å². The Balaban J connectivity index is 4.15. The highest BCUT2D eigenvalue weighted by molar-refractivity contribution is 5.96. The summed E-state index contributed by atoms with van der Waals surface area (Å²) in [6.07, 6.45) is -0.667. The van der Waals surface area contributed by atoms with E-state index in [9.17, 15) is 14.7 Å². The van der Waals surface area contributed by atoms with Crippen LogP contribution in [0.2, 0.25) is 0 Å². The number of methoxy groups -OCH3 is 1.